The Morgan fingerprint density at radius 3 is 2.89 bits per heavy atom. The van der Waals surface area contributed by atoms with Crippen LogP contribution in [0.1, 0.15) is 35.4 Å². The van der Waals surface area contributed by atoms with Crippen LogP contribution in [0.15, 0.2) is 36.8 Å². The Hall–Kier alpha value is -2.77. The fraction of sp³-hybridized carbons (Fsp3) is 0.300. The molecule has 7 nitrogen and oxygen atoms in total. The normalized spacial score (nSPS) is 13.6. The van der Waals surface area contributed by atoms with Crippen LogP contribution in [0.25, 0.3) is 28.2 Å². The molecule has 28 heavy (non-hydrogen) atoms. The van der Waals surface area contributed by atoms with Crippen molar-refractivity contribution in [1.82, 2.24) is 29.9 Å². The fourth-order valence-corrected chi connectivity index (χ4v) is 3.39. The van der Waals surface area contributed by atoms with Gasteiger partial charge in [0.2, 0.25) is 0 Å². The summed E-state index contributed by atoms with van der Waals surface area (Å²) in [6.45, 7) is 2.06. The molecule has 0 radical (unpaired) electrons. The number of benzene rings is 1. The Labute approximate surface area is 168 Å². The molecule has 0 aliphatic heterocycles. The minimum Gasteiger partial charge on any atom is -0.396 e. The molecule has 5 rings (SSSR count). The summed E-state index contributed by atoms with van der Waals surface area (Å²) < 4.78 is 1.73. The van der Waals surface area contributed by atoms with Crippen molar-refractivity contribution in [3.05, 3.63) is 53.5 Å². The van der Waals surface area contributed by atoms with Gasteiger partial charge in [0.05, 0.1) is 11.7 Å². The second-order valence-electron chi connectivity index (χ2n) is 7.12. The van der Waals surface area contributed by atoms with Crippen molar-refractivity contribution in [2.75, 3.05) is 6.61 Å². The van der Waals surface area contributed by atoms with Crippen molar-refractivity contribution in [2.24, 2.45) is 0 Å². The van der Waals surface area contributed by atoms with Crippen LogP contribution < -0.4 is 0 Å². The van der Waals surface area contributed by atoms with Gasteiger partial charge in [-0.3, -0.25) is 5.10 Å². The van der Waals surface area contributed by atoms with Gasteiger partial charge in [-0.05, 0) is 55.4 Å². The smallest absolute Gasteiger partial charge is 0.182 e. The number of rotatable bonds is 5. The molecule has 3 aromatic heterocycles. The maximum atomic E-state index is 9.12. The third kappa shape index (κ3) is 3.27. The van der Waals surface area contributed by atoms with Gasteiger partial charge in [0, 0.05) is 30.0 Å². The first-order valence-electron chi connectivity index (χ1n) is 9.20. The van der Waals surface area contributed by atoms with Gasteiger partial charge >= 0.3 is 0 Å². The Bertz CT molecular complexity index is 1130. The molecule has 0 spiro atoms. The molecule has 0 atom stereocenters. The number of aromatic nitrogens is 6. The quantitative estimate of drug-likeness (QED) is 0.539. The van der Waals surface area contributed by atoms with Gasteiger partial charge in [-0.2, -0.15) is 10.2 Å². The molecule has 8 heteroatoms. The lowest BCUT2D eigenvalue weighted by molar-refractivity contribution is 0.299. The van der Waals surface area contributed by atoms with Gasteiger partial charge < -0.3 is 5.11 Å². The zero-order chi connectivity index (χ0) is 18.4. The molecule has 1 saturated carbocycles. The lowest BCUT2D eigenvalue weighted by atomic mass is 10.1. The minimum absolute atomic E-state index is 0. The van der Waals surface area contributed by atoms with Gasteiger partial charge in [0.15, 0.2) is 11.6 Å². The summed E-state index contributed by atoms with van der Waals surface area (Å²) in [5.41, 5.74) is 5.01. The third-order valence-electron chi connectivity index (χ3n) is 5.05. The van der Waals surface area contributed by atoms with Crippen LogP contribution in [-0.4, -0.2) is 41.7 Å². The van der Waals surface area contributed by atoms with Crippen LogP contribution in [0.3, 0.4) is 0 Å². The highest BCUT2D eigenvalue weighted by Gasteiger charge is 2.24. The number of fused-ring (bicyclic) bond motifs is 1. The number of nitrogens with one attached hydrogen (secondary N) is 1. The number of H-pyrrole nitrogens is 1. The van der Waals surface area contributed by atoms with E-state index in [1.165, 1.54) is 18.4 Å². The summed E-state index contributed by atoms with van der Waals surface area (Å²) in [5, 5.41) is 22.1. The third-order valence-corrected chi connectivity index (χ3v) is 5.05. The predicted molar refractivity (Wildman–Crippen MR) is 109 cm³/mol. The summed E-state index contributed by atoms with van der Waals surface area (Å²) in [6.07, 6.45) is 8.55. The Morgan fingerprint density at radius 1 is 1.25 bits per heavy atom. The number of halogens is 1. The van der Waals surface area contributed by atoms with Gasteiger partial charge in [-0.1, -0.05) is 6.07 Å². The van der Waals surface area contributed by atoms with E-state index in [2.05, 4.69) is 38.5 Å². The molecule has 0 amide bonds. The summed E-state index contributed by atoms with van der Waals surface area (Å²) in [4.78, 5) is 9.26. The van der Waals surface area contributed by atoms with Gasteiger partial charge in [-0.25, -0.2) is 14.6 Å². The lowest BCUT2D eigenvalue weighted by Gasteiger charge is -2.06. The van der Waals surface area contributed by atoms with Crippen LogP contribution >= 0.6 is 12.4 Å². The minimum atomic E-state index is 0. The molecule has 144 valence electrons. The maximum absolute atomic E-state index is 9.12. The largest absolute Gasteiger partial charge is 0.396 e. The number of aliphatic hydroxyl groups excluding tert-OH is 1. The van der Waals surface area contributed by atoms with E-state index in [-0.39, 0.29) is 19.0 Å². The molecule has 1 aliphatic rings. The number of aryl methyl sites for hydroxylation is 1. The summed E-state index contributed by atoms with van der Waals surface area (Å²) in [5.74, 6) is 1.98. The summed E-state index contributed by atoms with van der Waals surface area (Å²) >= 11 is 0. The van der Waals surface area contributed by atoms with Crippen molar-refractivity contribution in [1.29, 1.82) is 0 Å². The zero-order valence-corrected chi connectivity index (χ0v) is 16.3. The molecular formula is C20H21ClN6O. The van der Waals surface area contributed by atoms with Gasteiger partial charge in [0.1, 0.15) is 5.69 Å². The fourth-order valence-electron chi connectivity index (χ4n) is 3.39. The Balaban J connectivity index is 0.00000192. The molecule has 2 N–H and O–H groups in total. The van der Waals surface area contributed by atoms with E-state index in [0.717, 1.165) is 33.5 Å². The Morgan fingerprint density at radius 2 is 2.11 bits per heavy atom. The monoisotopic (exact) mass is 396 g/mol. The van der Waals surface area contributed by atoms with E-state index in [1.807, 2.05) is 13.1 Å². The second-order valence-corrected chi connectivity index (χ2v) is 7.12. The Kier molecular flexibility index (Phi) is 4.87. The highest BCUT2D eigenvalue weighted by molar-refractivity contribution is 5.91. The SMILES string of the molecule is Cc1cnc(-c2n[nH]c3ccc(C4CC4)cc23)nc1-n1cc(CCO)cn1.Cl. The predicted octanol–water partition coefficient (Wildman–Crippen LogP) is 3.35. The molecule has 1 aromatic carbocycles. The molecule has 3 heterocycles. The van der Waals surface area contributed by atoms with Crippen molar-refractivity contribution in [3.8, 4) is 17.3 Å². The van der Waals surface area contributed by atoms with Crippen LogP contribution in [0, 0.1) is 6.92 Å². The summed E-state index contributed by atoms with van der Waals surface area (Å²) in [7, 11) is 0. The second kappa shape index (κ2) is 7.33. The molecule has 0 saturated heterocycles. The number of aliphatic hydroxyl groups is 1. The zero-order valence-electron chi connectivity index (χ0n) is 15.5. The van der Waals surface area contributed by atoms with E-state index in [4.69, 9.17) is 10.1 Å². The highest BCUT2D eigenvalue weighted by Crippen LogP contribution is 2.41. The first kappa shape index (κ1) is 18.6. The maximum Gasteiger partial charge on any atom is 0.182 e. The number of nitrogens with zero attached hydrogens (tertiary/aromatic N) is 5. The van der Waals surface area contributed by atoms with E-state index in [0.29, 0.717) is 18.2 Å². The standard InChI is InChI=1S/C20H20N6O.ClH/c1-12-9-21-19(23-20(12)26-11-13(6-7-27)10-22-26)18-16-8-15(14-2-3-14)4-5-17(16)24-25-18;/h4-5,8-11,14,27H,2-3,6-7H2,1H3,(H,24,25);1H. The van der Waals surface area contributed by atoms with Gasteiger partial charge in [-0.15, -0.1) is 12.4 Å². The van der Waals surface area contributed by atoms with Crippen molar-refractivity contribution in [2.45, 2.75) is 32.1 Å². The molecule has 4 aromatic rings. The topological polar surface area (TPSA) is 92.5 Å². The van der Waals surface area contributed by atoms with Crippen molar-refractivity contribution < 1.29 is 5.11 Å². The van der Waals surface area contributed by atoms with Crippen LogP contribution in [0.5, 0.6) is 0 Å². The highest BCUT2D eigenvalue weighted by atomic mass is 35.5. The average molecular weight is 397 g/mol. The molecule has 0 bridgehead atoms. The lowest BCUT2D eigenvalue weighted by Crippen LogP contribution is -2.04. The van der Waals surface area contributed by atoms with E-state index < -0.39 is 0 Å². The van der Waals surface area contributed by atoms with Crippen LogP contribution in [-0.2, 0) is 6.42 Å². The summed E-state index contributed by atoms with van der Waals surface area (Å²) in [6, 6.07) is 6.47. The number of hydrogen-bond acceptors (Lipinski definition) is 5. The van der Waals surface area contributed by atoms with E-state index >= 15 is 0 Å². The van der Waals surface area contributed by atoms with Crippen molar-refractivity contribution >= 4 is 23.3 Å². The van der Waals surface area contributed by atoms with Crippen molar-refractivity contribution in [3.63, 3.8) is 0 Å². The van der Waals surface area contributed by atoms with E-state index in [1.54, 1.807) is 17.1 Å². The van der Waals surface area contributed by atoms with Gasteiger partial charge in [0.25, 0.3) is 0 Å². The first-order chi connectivity index (χ1) is 13.2. The molecule has 1 aliphatic carbocycles. The molecule has 1 fully saturated rings. The molecular weight excluding hydrogens is 376 g/mol. The van der Waals surface area contributed by atoms with E-state index in [9.17, 15) is 0 Å². The first-order valence-corrected chi connectivity index (χ1v) is 9.20. The average Bonchev–Trinajstić information content (AvgIpc) is 3.29. The van der Waals surface area contributed by atoms with Crippen LogP contribution in [0.4, 0.5) is 0 Å². The number of aromatic amines is 1. The van der Waals surface area contributed by atoms with Crippen LogP contribution in [0.2, 0.25) is 0 Å². The molecule has 0 unspecified atom stereocenters. The number of hydrogen-bond donors (Lipinski definition) is 2.